The van der Waals surface area contributed by atoms with E-state index in [0.717, 1.165) is 0 Å². The first-order valence-corrected chi connectivity index (χ1v) is 6.24. The van der Waals surface area contributed by atoms with Crippen molar-refractivity contribution in [1.29, 1.82) is 0 Å². The van der Waals surface area contributed by atoms with E-state index >= 15 is 0 Å². The van der Waals surface area contributed by atoms with Gasteiger partial charge in [0.05, 0.1) is 0 Å². The lowest BCUT2D eigenvalue weighted by Gasteiger charge is -1.91. The van der Waals surface area contributed by atoms with E-state index in [-0.39, 0.29) is 0 Å². The largest absolute Gasteiger partial charge is 0.394 e. The lowest BCUT2D eigenvalue weighted by molar-refractivity contribution is 0.381. The van der Waals surface area contributed by atoms with Crippen LogP contribution in [-0.4, -0.2) is 29.0 Å². The summed E-state index contributed by atoms with van der Waals surface area (Å²) in [6.45, 7) is 4.45. The van der Waals surface area contributed by atoms with Gasteiger partial charge in [0.25, 0.3) is 0 Å². The zero-order valence-corrected chi connectivity index (χ0v) is 8.99. The van der Waals surface area contributed by atoms with Crippen LogP contribution in [0.25, 0.3) is 0 Å². The van der Waals surface area contributed by atoms with Crippen LogP contribution in [-0.2, 0) is 10.4 Å². The van der Waals surface area contributed by atoms with Crippen molar-refractivity contribution in [3.63, 3.8) is 0 Å². The SMILES string of the molecule is CCCSCCC.O=S(=O)(O)O. The van der Waals surface area contributed by atoms with Crippen molar-refractivity contribution in [3.05, 3.63) is 0 Å². The second-order valence-electron chi connectivity index (χ2n) is 2.06. The molecule has 0 aliphatic carbocycles. The highest BCUT2D eigenvalue weighted by Gasteiger charge is 1.84. The second kappa shape index (κ2) is 9.31. The molecule has 0 aliphatic heterocycles. The summed E-state index contributed by atoms with van der Waals surface area (Å²) in [7, 11) is -4.67. The zero-order chi connectivity index (χ0) is 10.0. The van der Waals surface area contributed by atoms with Crippen LogP contribution in [0.5, 0.6) is 0 Å². The van der Waals surface area contributed by atoms with Gasteiger partial charge >= 0.3 is 10.4 Å². The molecule has 0 heterocycles. The number of hydrogen-bond acceptors (Lipinski definition) is 3. The van der Waals surface area contributed by atoms with Gasteiger partial charge in [-0.15, -0.1) is 0 Å². The van der Waals surface area contributed by atoms with Crippen molar-refractivity contribution >= 4 is 22.2 Å². The maximum Gasteiger partial charge on any atom is 0.394 e. The van der Waals surface area contributed by atoms with Crippen molar-refractivity contribution in [1.82, 2.24) is 0 Å². The van der Waals surface area contributed by atoms with E-state index in [1.807, 2.05) is 0 Å². The Labute approximate surface area is 78.3 Å². The fraction of sp³-hybridized carbons (Fsp3) is 1.00. The maximum absolute atomic E-state index is 8.74. The fourth-order valence-electron chi connectivity index (χ4n) is 0.391. The summed E-state index contributed by atoms with van der Waals surface area (Å²) >= 11 is 2.05. The molecule has 0 saturated carbocycles. The molecule has 0 spiro atoms. The third-order valence-electron chi connectivity index (χ3n) is 0.697. The van der Waals surface area contributed by atoms with Gasteiger partial charge in [0.1, 0.15) is 0 Å². The predicted molar refractivity (Wildman–Crippen MR) is 52.1 cm³/mol. The van der Waals surface area contributed by atoms with Crippen LogP contribution in [0.2, 0.25) is 0 Å². The first kappa shape index (κ1) is 14.7. The lowest BCUT2D eigenvalue weighted by atomic mass is 10.6. The van der Waals surface area contributed by atoms with E-state index in [4.69, 9.17) is 17.5 Å². The molecular formula is C6H16O4S2. The molecular weight excluding hydrogens is 200 g/mol. The number of thioether (sulfide) groups is 1. The van der Waals surface area contributed by atoms with Crippen LogP contribution in [0.3, 0.4) is 0 Å². The Morgan fingerprint density at radius 1 is 1.08 bits per heavy atom. The molecule has 0 fully saturated rings. The summed E-state index contributed by atoms with van der Waals surface area (Å²) in [6.07, 6.45) is 2.65. The van der Waals surface area contributed by atoms with E-state index in [9.17, 15) is 0 Å². The average Bonchev–Trinajstić information content (AvgIpc) is 1.85. The summed E-state index contributed by atoms with van der Waals surface area (Å²) in [5, 5.41) is 0. The first-order chi connectivity index (χ1) is 5.41. The van der Waals surface area contributed by atoms with Crippen LogP contribution in [0, 0.1) is 0 Å². The first-order valence-electron chi connectivity index (χ1n) is 3.69. The molecule has 0 aromatic rings. The molecule has 0 aromatic heterocycles. The molecule has 4 nitrogen and oxygen atoms in total. The Hall–Kier alpha value is 0.220. The predicted octanol–water partition coefficient (Wildman–Crippen LogP) is 1.89. The molecule has 0 unspecified atom stereocenters. The van der Waals surface area contributed by atoms with Crippen molar-refractivity contribution < 1.29 is 17.5 Å². The molecule has 0 atom stereocenters. The highest BCUT2D eigenvalue weighted by molar-refractivity contribution is 7.99. The van der Waals surface area contributed by atoms with Crippen molar-refractivity contribution in [2.75, 3.05) is 11.5 Å². The van der Waals surface area contributed by atoms with Gasteiger partial charge < -0.3 is 0 Å². The van der Waals surface area contributed by atoms with Crippen LogP contribution in [0.15, 0.2) is 0 Å². The monoisotopic (exact) mass is 216 g/mol. The zero-order valence-electron chi connectivity index (χ0n) is 7.36. The van der Waals surface area contributed by atoms with Gasteiger partial charge in [-0.1, -0.05) is 13.8 Å². The van der Waals surface area contributed by atoms with E-state index < -0.39 is 10.4 Å². The molecule has 0 radical (unpaired) electrons. The molecule has 12 heavy (non-hydrogen) atoms. The van der Waals surface area contributed by atoms with Gasteiger partial charge in [0.2, 0.25) is 0 Å². The molecule has 0 amide bonds. The molecule has 0 rings (SSSR count). The van der Waals surface area contributed by atoms with E-state index in [1.165, 1.54) is 24.3 Å². The highest BCUT2D eigenvalue weighted by atomic mass is 32.3. The van der Waals surface area contributed by atoms with Crippen LogP contribution >= 0.6 is 11.8 Å². The standard InChI is InChI=1S/C6H14S.H2O4S/c1-3-5-7-6-4-2;1-5(2,3)4/h3-6H2,1-2H3;(H2,1,2,3,4). The molecule has 0 aliphatic rings. The average molecular weight is 216 g/mol. The minimum atomic E-state index is -4.67. The van der Waals surface area contributed by atoms with Crippen LogP contribution in [0.4, 0.5) is 0 Å². The van der Waals surface area contributed by atoms with Gasteiger partial charge in [-0.3, -0.25) is 9.11 Å². The van der Waals surface area contributed by atoms with Crippen molar-refractivity contribution in [3.8, 4) is 0 Å². The molecule has 0 aromatic carbocycles. The van der Waals surface area contributed by atoms with Gasteiger partial charge in [-0.2, -0.15) is 20.2 Å². The van der Waals surface area contributed by atoms with Crippen LogP contribution < -0.4 is 0 Å². The molecule has 0 saturated heterocycles. The number of rotatable bonds is 4. The van der Waals surface area contributed by atoms with Gasteiger partial charge in [-0.25, -0.2) is 0 Å². The van der Waals surface area contributed by atoms with E-state index in [2.05, 4.69) is 25.6 Å². The Balaban J connectivity index is 0. The van der Waals surface area contributed by atoms with E-state index in [0.29, 0.717) is 0 Å². The Kier molecular flexibility index (Phi) is 11.4. The smallest absolute Gasteiger partial charge is 0.264 e. The lowest BCUT2D eigenvalue weighted by Crippen LogP contribution is -1.89. The second-order valence-corrected chi connectivity index (χ2v) is 4.18. The molecule has 76 valence electrons. The highest BCUT2D eigenvalue weighted by Crippen LogP contribution is 2.02. The molecule has 6 heteroatoms. The summed E-state index contributed by atoms with van der Waals surface area (Å²) in [5.41, 5.74) is 0. The van der Waals surface area contributed by atoms with Crippen LogP contribution in [0.1, 0.15) is 26.7 Å². The van der Waals surface area contributed by atoms with E-state index in [1.54, 1.807) is 0 Å². The Morgan fingerprint density at radius 3 is 1.50 bits per heavy atom. The minimum absolute atomic E-state index is 1.32. The fourth-order valence-corrected chi connectivity index (χ4v) is 1.17. The quantitative estimate of drug-likeness (QED) is 0.554. The molecule has 2 N–H and O–H groups in total. The Morgan fingerprint density at radius 2 is 1.33 bits per heavy atom. The topological polar surface area (TPSA) is 74.6 Å². The van der Waals surface area contributed by atoms with Gasteiger partial charge in [0, 0.05) is 0 Å². The van der Waals surface area contributed by atoms with Gasteiger partial charge in [-0.05, 0) is 24.3 Å². The molecule has 0 bridgehead atoms. The Bertz CT molecular complexity index is 152. The summed E-state index contributed by atoms with van der Waals surface area (Å²) in [6, 6.07) is 0. The maximum atomic E-state index is 8.74. The van der Waals surface area contributed by atoms with Gasteiger partial charge in [0.15, 0.2) is 0 Å². The normalized spacial score (nSPS) is 10.3. The minimum Gasteiger partial charge on any atom is -0.264 e. The number of hydrogen-bond donors (Lipinski definition) is 2. The summed E-state index contributed by atoms with van der Waals surface area (Å²) in [4.78, 5) is 0. The third kappa shape index (κ3) is 48.8. The van der Waals surface area contributed by atoms with Crippen molar-refractivity contribution in [2.45, 2.75) is 26.7 Å². The summed E-state index contributed by atoms with van der Waals surface area (Å²) in [5.74, 6) is 2.68. The third-order valence-corrected chi connectivity index (χ3v) is 2.09. The van der Waals surface area contributed by atoms with Crippen molar-refractivity contribution in [2.24, 2.45) is 0 Å². The summed E-state index contributed by atoms with van der Waals surface area (Å²) < 4.78 is 31.6.